The lowest BCUT2D eigenvalue weighted by Gasteiger charge is -2.24. The molecule has 0 saturated heterocycles. The number of aliphatic carboxylic acids is 1. The molecule has 0 fully saturated rings. The van der Waals surface area contributed by atoms with Crippen molar-refractivity contribution >= 4 is 11.9 Å². The highest BCUT2D eigenvalue weighted by atomic mass is 16.4. The summed E-state index contributed by atoms with van der Waals surface area (Å²) in [4.78, 5) is 24.8. The highest BCUT2D eigenvalue weighted by Gasteiger charge is 2.33. The van der Waals surface area contributed by atoms with E-state index >= 15 is 0 Å². The molecule has 0 saturated carbocycles. The maximum absolute atomic E-state index is 12.0. The second kappa shape index (κ2) is 9.75. The predicted octanol–water partition coefficient (Wildman–Crippen LogP) is 0.410. The van der Waals surface area contributed by atoms with Crippen molar-refractivity contribution in [2.75, 3.05) is 26.7 Å². The maximum Gasteiger partial charge on any atom is 0.307 e. The van der Waals surface area contributed by atoms with Crippen molar-refractivity contribution in [1.29, 1.82) is 0 Å². The van der Waals surface area contributed by atoms with Gasteiger partial charge in [-0.1, -0.05) is 27.2 Å². The van der Waals surface area contributed by atoms with Gasteiger partial charge in [0.1, 0.15) is 0 Å². The van der Waals surface area contributed by atoms with E-state index in [0.717, 1.165) is 25.9 Å². The first-order chi connectivity index (χ1) is 9.34. The first kappa shape index (κ1) is 18.9. The molecule has 20 heavy (non-hydrogen) atoms. The Morgan fingerprint density at radius 3 is 2.30 bits per heavy atom. The minimum atomic E-state index is -0.878. The van der Waals surface area contributed by atoms with Crippen LogP contribution in [0.5, 0.6) is 0 Å². The summed E-state index contributed by atoms with van der Waals surface area (Å²) < 4.78 is 0. The Balaban J connectivity index is 4.27. The first-order valence-corrected chi connectivity index (χ1v) is 7.66. The van der Waals surface area contributed by atoms with Crippen molar-refractivity contribution < 1.29 is 19.6 Å². The van der Waals surface area contributed by atoms with E-state index in [4.69, 9.17) is 0 Å². The molecule has 0 radical (unpaired) electrons. The maximum atomic E-state index is 12.0. The number of carboxylic acids is 1. The number of amides is 1. The van der Waals surface area contributed by atoms with Crippen molar-refractivity contribution in [1.82, 2.24) is 5.32 Å². The van der Waals surface area contributed by atoms with Gasteiger partial charge in [0.15, 0.2) is 0 Å². The third kappa shape index (κ3) is 6.37. The Kier molecular flexibility index (Phi) is 9.21. The first-order valence-electron chi connectivity index (χ1n) is 7.66. The van der Waals surface area contributed by atoms with E-state index < -0.39 is 17.8 Å². The normalized spacial score (nSPS) is 17.1. The predicted molar refractivity (Wildman–Crippen MR) is 79.7 cm³/mol. The van der Waals surface area contributed by atoms with Crippen molar-refractivity contribution in [2.45, 2.75) is 40.5 Å². The van der Waals surface area contributed by atoms with Crippen LogP contribution in [0.3, 0.4) is 0 Å². The summed E-state index contributed by atoms with van der Waals surface area (Å²) in [5, 5.41) is 12.1. The smallest absolute Gasteiger partial charge is 0.307 e. The zero-order chi connectivity index (χ0) is 15.7. The fourth-order valence-corrected chi connectivity index (χ4v) is 2.31. The molecule has 5 nitrogen and oxygen atoms in total. The standard InChI is InChI=1S/C15H30N2O3/c1-6-11(3)13(15(19)20)12(4)14(18)16-9-8-10-17(5)7-2/h11-13H,6-10H2,1-5H3,(H,16,18)(H,19,20)/p+1. The van der Waals surface area contributed by atoms with E-state index in [0.29, 0.717) is 6.54 Å². The van der Waals surface area contributed by atoms with Gasteiger partial charge < -0.3 is 15.3 Å². The van der Waals surface area contributed by atoms with Gasteiger partial charge in [0.05, 0.1) is 26.1 Å². The zero-order valence-corrected chi connectivity index (χ0v) is 13.5. The van der Waals surface area contributed by atoms with Crippen LogP contribution >= 0.6 is 0 Å². The van der Waals surface area contributed by atoms with E-state index in [9.17, 15) is 14.7 Å². The summed E-state index contributed by atoms with van der Waals surface area (Å²) in [5.41, 5.74) is 0. The molecule has 0 aromatic heterocycles. The van der Waals surface area contributed by atoms with E-state index in [1.165, 1.54) is 4.90 Å². The van der Waals surface area contributed by atoms with Gasteiger partial charge in [-0.15, -0.1) is 0 Å². The molecule has 0 bridgehead atoms. The van der Waals surface area contributed by atoms with Gasteiger partial charge in [0, 0.05) is 18.9 Å². The topological polar surface area (TPSA) is 70.8 Å². The zero-order valence-electron chi connectivity index (χ0n) is 13.5. The molecule has 5 heteroatoms. The van der Waals surface area contributed by atoms with E-state index in [1.807, 2.05) is 13.8 Å². The Morgan fingerprint density at radius 1 is 1.25 bits per heavy atom. The van der Waals surface area contributed by atoms with E-state index in [2.05, 4.69) is 19.3 Å². The van der Waals surface area contributed by atoms with E-state index in [1.54, 1.807) is 6.92 Å². The number of rotatable bonds is 10. The largest absolute Gasteiger partial charge is 0.481 e. The molecule has 0 aromatic rings. The fourth-order valence-electron chi connectivity index (χ4n) is 2.31. The van der Waals surface area contributed by atoms with Gasteiger partial charge in [-0.3, -0.25) is 9.59 Å². The third-order valence-corrected chi connectivity index (χ3v) is 4.18. The molecule has 3 N–H and O–H groups in total. The van der Waals surface area contributed by atoms with Crippen LogP contribution in [0.4, 0.5) is 0 Å². The van der Waals surface area contributed by atoms with Crippen molar-refractivity contribution in [3.63, 3.8) is 0 Å². The van der Waals surface area contributed by atoms with Gasteiger partial charge in [-0.05, 0) is 12.8 Å². The Hall–Kier alpha value is -1.10. The second-order valence-corrected chi connectivity index (χ2v) is 5.74. The monoisotopic (exact) mass is 287 g/mol. The quantitative estimate of drug-likeness (QED) is 0.510. The van der Waals surface area contributed by atoms with Crippen LogP contribution in [-0.2, 0) is 9.59 Å². The number of nitrogens with one attached hydrogen (secondary N) is 2. The summed E-state index contributed by atoms with van der Waals surface area (Å²) in [7, 11) is 2.12. The second-order valence-electron chi connectivity index (χ2n) is 5.74. The number of hydrogen-bond donors (Lipinski definition) is 3. The summed E-state index contributed by atoms with van der Waals surface area (Å²) in [5.74, 6) is -2.12. The van der Waals surface area contributed by atoms with Gasteiger partial charge in [0.25, 0.3) is 0 Å². The molecule has 0 heterocycles. The SMILES string of the molecule is CCC(C)C(C(=O)O)C(C)C(=O)NCCC[NH+](C)CC. The van der Waals surface area contributed by atoms with Crippen molar-refractivity contribution in [2.24, 2.45) is 17.8 Å². The summed E-state index contributed by atoms with van der Waals surface area (Å²) in [6.07, 6.45) is 1.68. The molecule has 0 aliphatic rings. The molecule has 4 atom stereocenters. The summed E-state index contributed by atoms with van der Waals surface area (Å²) in [6.45, 7) is 10.4. The summed E-state index contributed by atoms with van der Waals surface area (Å²) >= 11 is 0. The van der Waals surface area contributed by atoms with Crippen LogP contribution in [0.1, 0.15) is 40.5 Å². The Bertz CT molecular complexity index is 307. The van der Waals surface area contributed by atoms with Gasteiger partial charge in [-0.2, -0.15) is 0 Å². The number of hydrogen-bond acceptors (Lipinski definition) is 2. The molecule has 0 aliphatic carbocycles. The van der Waals surface area contributed by atoms with Crippen LogP contribution in [0, 0.1) is 17.8 Å². The molecular weight excluding hydrogens is 256 g/mol. The van der Waals surface area contributed by atoms with Crippen LogP contribution in [0.15, 0.2) is 0 Å². The minimum absolute atomic E-state index is 0.00363. The highest BCUT2D eigenvalue weighted by Crippen LogP contribution is 2.24. The molecule has 1 amide bonds. The van der Waals surface area contributed by atoms with Gasteiger partial charge in [-0.25, -0.2) is 0 Å². The fraction of sp³-hybridized carbons (Fsp3) is 0.867. The van der Waals surface area contributed by atoms with E-state index in [-0.39, 0.29) is 11.8 Å². The number of carbonyl (C=O) groups excluding carboxylic acids is 1. The van der Waals surface area contributed by atoms with Crippen molar-refractivity contribution in [3.05, 3.63) is 0 Å². The average molecular weight is 287 g/mol. The van der Waals surface area contributed by atoms with Gasteiger partial charge in [0.2, 0.25) is 5.91 Å². The van der Waals surface area contributed by atoms with Crippen LogP contribution in [0.25, 0.3) is 0 Å². The summed E-state index contributed by atoms with van der Waals surface area (Å²) in [6, 6.07) is 0. The highest BCUT2D eigenvalue weighted by molar-refractivity contribution is 5.84. The average Bonchev–Trinajstić information content (AvgIpc) is 2.42. The van der Waals surface area contributed by atoms with Crippen LogP contribution in [0.2, 0.25) is 0 Å². The third-order valence-electron chi connectivity index (χ3n) is 4.18. The molecule has 0 aromatic carbocycles. The van der Waals surface area contributed by atoms with Crippen LogP contribution in [-0.4, -0.2) is 43.7 Å². The number of quaternary nitrogens is 1. The molecule has 4 unspecified atom stereocenters. The van der Waals surface area contributed by atoms with Crippen LogP contribution < -0.4 is 10.2 Å². The molecular formula is C15H31N2O3+. The minimum Gasteiger partial charge on any atom is -0.481 e. The number of carbonyl (C=O) groups is 2. The molecule has 118 valence electrons. The van der Waals surface area contributed by atoms with Crippen molar-refractivity contribution in [3.8, 4) is 0 Å². The Labute approximate surface area is 122 Å². The number of carboxylic acid groups (broad SMARTS) is 1. The van der Waals surface area contributed by atoms with Gasteiger partial charge >= 0.3 is 5.97 Å². The lowest BCUT2D eigenvalue weighted by Crippen LogP contribution is -3.08. The molecule has 0 spiro atoms. The molecule has 0 aliphatic heterocycles. The molecule has 0 rings (SSSR count). The lowest BCUT2D eigenvalue weighted by atomic mass is 9.81. The Morgan fingerprint density at radius 2 is 1.85 bits per heavy atom. The lowest BCUT2D eigenvalue weighted by molar-refractivity contribution is -0.877.